The number of pyridine rings is 1. The van der Waals surface area contributed by atoms with Crippen molar-refractivity contribution in [2.24, 2.45) is 5.14 Å². The van der Waals surface area contributed by atoms with E-state index >= 15 is 0 Å². The average molecular weight is 585 g/mol. The molecule has 3 N–H and O–H groups in total. The van der Waals surface area contributed by atoms with Gasteiger partial charge < -0.3 is 0 Å². The Morgan fingerprint density at radius 2 is 1.33 bits per heavy atom. The summed E-state index contributed by atoms with van der Waals surface area (Å²) in [5.41, 5.74) is 0.674. The van der Waals surface area contributed by atoms with Crippen molar-refractivity contribution in [1.29, 1.82) is 0 Å². The van der Waals surface area contributed by atoms with E-state index in [9.17, 15) is 16.8 Å². The number of nitrogens with zero attached hydrogens (tertiary/aromatic N) is 1. The minimum absolute atomic E-state index is 0.160. The summed E-state index contributed by atoms with van der Waals surface area (Å²) in [5.74, 6) is 0. The van der Waals surface area contributed by atoms with Crippen molar-refractivity contribution < 1.29 is 16.8 Å². The van der Waals surface area contributed by atoms with Crippen LogP contribution in [0, 0.1) is 0 Å². The van der Waals surface area contributed by atoms with Crippen LogP contribution in [0.5, 0.6) is 0 Å². The van der Waals surface area contributed by atoms with Crippen LogP contribution in [0.1, 0.15) is 5.69 Å². The fourth-order valence-corrected chi connectivity index (χ4v) is 6.11. The molecule has 0 unspecified atom stereocenters. The minimum atomic E-state index is -3.63. The first-order valence-electron chi connectivity index (χ1n) is 10.7. The molecule has 184 valence electrons. The number of fused-ring (bicyclic) bond motifs is 2. The van der Waals surface area contributed by atoms with Gasteiger partial charge in [-0.05, 0) is 41.1 Å². The Labute approximate surface area is 218 Å². The lowest BCUT2D eigenvalue weighted by molar-refractivity contribution is 0.581. The van der Waals surface area contributed by atoms with Crippen molar-refractivity contribution in [2.75, 3.05) is 0 Å². The van der Waals surface area contributed by atoms with Crippen LogP contribution < -0.4 is 9.86 Å². The number of aromatic nitrogens is 1. The molecule has 0 aliphatic rings. The van der Waals surface area contributed by atoms with Crippen molar-refractivity contribution >= 4 is 57.5 Å². The van der Waals surface area contributed by atoms with Gasteiger partial charge in [-0.15, -0.1) is 0 Å². The Bertz CT molecular complexity index is 1740. The third kappa shape index (κ3) is 5.97. The number of primary sulfonamides is 1. The van der Waals surface area contributed by atoms with Crippen LogP contribution in [0.3, 0.4) is 0 Å². The summed E-state index contributed by atoms with van der Waals surface area (Å²) in [6.45, 7) is 0.160. The summed E-state index contributed by atoms with van der Waals surface area (Å²) in [4.78, 5) is 4.56. The van der Waals surface area contributed by atoms with E-state index in [2.05, 4.69) is 25.6 Å². The van der Waals surface area contributed by atoms with Crippen LogP contribution in [0.2, 0.25) is 0 Å². The molecule has 10 heteroatoms. The second-order valence-electron chi connectivity index (χ2n) is 7.76. The highest BCUT2D eigenvalue weighted by molar-refractivity contribution is 9.10. The lowest BCUT2D eigenvalue weighted by Gasteiger charge is -2.10. The smallest absolute Gasteiger partial charge is 0.241 e. The Kier molecular flexibility index (Phi) is 7.82. The van der Waals surface area contributed by atoms with Crippen molar-refractivity contribution in [2.45, 2.75) is 16.3 Å². The number of nitrogens with one attached hydrogen (secondary N) is 1. The molecule has 5 rings (SSSR count). The van der Waals surface area contributed by atoms with Crippen LogP contribution in [-0.4, -0.2) is 21.8 Å². The number of benzene rings is 4. The number of hydrogen-bond acceptors (Lipinski definition) is 5. The molecule has 1 aromatic heterocycles. The molecular weight excluding hydrogens is 562 g/mol. The Morgan fingerprint density at radius 3 is 2.03 bits per heavy atom. The number of rotatable bonds is 5. The van der Waals surface area contributed by atoms with Gasteiger partial charge in [-0.1, -0.05) is 82.7 Å². The van der Waals surface area contributed by atoms with E-state index in [-0.39, 0.29) is 16.3 Å². The topological polar surface area (TPSA) is 119 Å². The van der Waals surface area contributed by atoms with Crippen molar-refractivity contribution in [3.05, 3.63) is 113 Å². The summed E-state index contributed by atoms with van der Waals surface area (Å²) < 4.78 is 51.1. The van der Waals surface area contributed by atoms with Gasteiger partial charge in [-0.2, -0.15) is 0 Å². The molecule has 0 radical (unpaired) electrons. The second-order valence-corrected chi connectivity index (χ2v) is 11.9. The highest BCUT2D eigenvalue weighted by atomic mass is 79.9. The van der Waals surface area contributed by atoms with E-state index in [0.29, 0.717) is 16.5 Å². The molecule has 4 aromatic carbocycles. The lowest BCUT2D eigenvalue weighted by Crippen LogP contribution is -2.23. The van der Waals surface area contributed by atoms with Crippen LogP contribution in [0.25, 0.3) is 21.5 Å². The van der Waals surface area contributed by atoms with Crippen molar-refractivity contribution in [3.8, 4) is 0 Å². The predicted octanol–water partition coefficient (Wildman–Crippen LogP) is 4.96. The van der Waals surface area contributed by atoms with Gasteiger partial charge in [0, 0.05) is 21.4 Å². The minimum Gasteiger partial charge on any atom is -0.260 e. The van der Waals surface area contributed by atoms with Crippen LogP contribution in [-0.2, 0) is 26.6 Å². The largest absolute Gasteiger partial charge is 0.260 e. The first kappa shape index (κ1) is 25.9. The van der Waals surface area contributed by atoms with Gasteiger partial charge in [0.25, 0.3) is 0 Å². The molecule has 0 fully saturated rings. The zero-order valence-electron chi connectivity index (χ0n) is 18.9. The number of sulfonamides is 2. The van der Waals surface area contributed by atoms with E-state index in [1.54, 1.807) is 54.7 Å². The Balaban J connectivity index is 0.000000187. The average Bonchev–Trinajstić information content (AvgIpc) is 2.88. The van der Waals surface area contributed by atoms with Gasteiger partial charge in [-0.25, -0.2) is 26.7 Å². The van der Waals surface area contributed by atoms with Gasteiger partial charge in [0.05, 0.1) is 22.0 Å². The van der Waals surface area contributed by atoms with Crippen molar-refractivity contribution in [3.63, 3.8) is 0 Å². The summed E-state index contributed by atoms with van der Waals surface area (Å²) in [6, 6.07) is 28.4. The normalized spacial score (nSPS) is 11.7. The lowest BCUT2D eigenvalue weighted by atomic mass is 10.1. The molecule has 0 amide bonds. The third-order valence-electron chi connectivity index (χ3n) is 5.35. The zero-order valence-corrected chi connectivity index (χ0v) is 22.1. The molecule has 0 bridgehead atoms. The van der Waals surface area contributed by atoms with Gasteiger partial charge in [0.15, 0.2) is 0 Å². The van der Waals surface area contributed by atoms with E-state index in [1.165, 1.54) is 6.07 Å². The third-order valence-corrected chi connectivity index (χ3v) is 8.47. The fraction of sp³-hybridized carbons (Fsp3) is 0.0385. The zero-order chi connectivity index (χ0) is 25.8. The van der Waals surface area contributed by atoms with Gasteiger partial charge >= 0.3 is 0 Å². The van der Waals surface area contributed by atoms with Crippen LogP contribution in [0.4, 0.5) is 0 Å². The van der Waals surface area contributed by atoms with Crippen LogP contribution >= 0.6 is 15.9 Å². The standard InChI is InChI=1S/C16H13BrN2O2S.C10H9NO2S/c17-15-8-9-16(14-7-2-1-6-13(14)15)22(20,21)19-11-12-5-3-4-10-18-12;11-14(12,13)10-7-3-5-8-4-1-2-6-9(8)10/h1-10,19H,11H2;1-7H,(H2,11,12,13). The molecule has 1 heterocycles. The molecule has 0 aliphatic carbocycles. The molecule has 36 heavy (non-hydrogen) atoms. The molecule has 0 saturated heterocycles. The highest BCUT2D eigenvalue weighted by Crippen LogP contribution is 2.29. The summed E-state index contributed by atoms with van der Waals surface area (Å²) in [6.07, 6.45) is 1.64. The fourth-order valence-electron chi connectivity index (χ4n) is 3.66. The number of halogens is 1. The van der Waals surface area contributed by atoms with Crippen LogP contribution in [0.15, 0.2) is 118 Å². The van der Waals surface area contributed by atoms with E-state index < -0.39 is 20.0 Å². The summed E-state index contributed by atoms with van der Waals surface area (Å²) >= 11 is 3.45. The first-order chi connectivity index (χ1) is 17.2. The molecule has 0 spiro atoms. The molecule has 5 aromatic rings. The van der Waals surface area contributed by atoms with E-state index in [4.69, 9.17) is 5.14 Å². The number of hydrogen-bond donors (Lipinski definition) is 2. The Hall–Kier alpha value is -3.15. The predicted molar refractivity (Wildman–Crippen MR) is 145 cm³/mol. The van der Waals surface area contributed by atoms with E-state index in [1.807, 2.05) is 42.5 Å². The monoisotopic (exact) mass is 583 g/mol. The van der Waals surface area contributed by atoms with Crippen molar-refractivity contribution in [1.82, 2.24) is 9.71 Å². The second kappa shape index (κ2) is 10.9. The first-order valence-corrected chi connectivity index (χ1v) is 14.6. The molecule has 0 aliphatic heterocycles. The van der Waals surface area contributed by atoms with E-state index in [0.717, 1.165) is 15.2 Å². The van der Waals surface area contributed by atoms with Gasteiger partial charge in [0.1, 0.15) is 0 Å². The SMILES string of the molecule is NS(=O)(=O)c1cccc2ccccc12.O=S(=O)(NCc1ccccn1)c1ccc(Br)c2ccccc12. The maximum absolute atomic E-state index is 12.6. The van der Waals surface area contributed by atoms with Gasteiger partial charge in [0.2, 0.25) is 20.0 Å². The van der Waals surface area contributed by atoms with Gasteiger partial charge in [-0.3, -0.25) is 4.98 Å². The maximum Gasteiger partial charge on any atom is 0.241 e. The number of nitrogens with two attached hydrogens (primary N) is 1. The summed E-state index contributed by atoms with van der Waals surface area (Å²) in [5, 5.41) is 8.18. The molecule has 0 saturated carbocycles. The quantitative estimate of drug-likeness (QED) is 0.303. The molecule has 0 atom stereocenters. The molecule has 7 nitrogen and oxygen atoms in total. The maximum atomic E-state index is 12.6. The summed E-state index contributed by atoms with van der Waals surface area (Å²) in [7, 11) is -7.24. The Morgan fingerprint density at radius 1 is 0.694 bits per heavy atom. The highest BCUT2D eigenvalue weighted by Gasteiger charge is 2.18. The molecular formula is C26H22BrN3O4S2.